The van der Waals surface area contributed by atoms with Crippen LogP contribution in [0, 0.1) is 6.92 Å². The van der Waals surface area contributed by atoms with E-state index in [1.54, 1.807) is 38.4 Å². The van der Waals surface area contributed by atoms with E-state index < -0.39 is 0 Å². The summed E-state index contributed by atoms with van der Waals surface area (Å²) in [5.41, 5.74) is 4.14. The topological polar surface area (TPSA) is 62.2 Å². The fourth-order valence-corrected chi connectivity index (χ4v) is 4.19. The minimum Gasteiger partial charge on any atom is -0.497 e. The number of ether oxygens (including phenoxy) is 1. The Morgan fingerprint density at radius 3 is 2.38 bits per heavy atom. The number of hydrazone groups is 1. The number of methoxy groups -OCH3 is 1. The third-order valence-corrected chi connectivity index (χ3v) is 6.20. The smallest absolute Gasteiger partial charge is 0.262 e. The Bertz CT molecular complexity index is 1220. The van der Waals surface area contributed by atoms with Gasteiger partial charge in [0.1, 0.15) is 12.3 Å². The Labute approximate surface area is 204 Å². The Morgan fingerprint density at radius 1 is 1.06 bits per heavy atom. The van der Waals surface area contributed by atoms with Gasteiger partial charge in [-0.3, -0.25) is 9.59 Å². The van der Waals surface area contributed by atoms with Crippen molar-refractivity contribution in [2.24, 2.45) is 5.10 Å². The highest BCUT2D eigenvalue weighted by Crippen LogP contribution is 2.34. The lowest BCUT2D eigenvalue weighted by atomic mass is 9.97. The van der Waals surface area contributed by atoms with Gasteiger partial charge in [-0.2, -0.15) is 5.10 Å². The van der Waals surface area contributed by atoms with E-state index in [2.05, 4.69) is 5.10 Å². The highest BCUT2D eigenvalue weighted by atomic mass is 35.5. The molecule has 1 atom stereocenters. The van der Waals surface area contributed by atoms with Crippen molar-refractivity contribution in [3.63, 3.8) is 0 Å². The van der Waals surface area contributed by atoms with Crippen LogP contribution in [0.25, 0.3) is 0 Å². The minimum atomic E-state index is -0.274. The normalized spacial score (nSPS) is 15.1. The van der Waals surface area contributed by atoms with Crippen LogP contribution in [0.1, 0.15) is 39.5 Å². The summed E-state index contributed by atoms with van der Waals surface area (Å²) in [5.74, 6) is 0.143. The zero-order chi connectivity index (χ0) is 24.2. The number of nitrogens with zero attached hydrogens (tertiary/aromatic N) is 3. The lowest BCUT2D eigenvalue weighted by molar-refractivity contribution is -0.133. The van der Waals surface area contributed by atoms with Crippen molar-refractivity contribution in [3.8, 4) is 5.75 Å². The number of carbonyl (C=O) groups excluding carboxylic acids is 2. The predicted molar refractivity (Wildman–Crippen MR) is 133 cm³/mol. The Balaban J connectivity index is 1.58. The number of carbonyl (C=O) groups is 2. The van der Waals surface area contributed by atoms with Crippen LogP contribution in [0.15, 0.2) is 77.9 Å². The third-order valence-electron chi connectivity index (χ3n) is 5.87. The van der Waals surface area contributed by atoms with Gasteiger partial charge in [-0.1, -0.05) is 59.6 Å². The van der Waals surface area contributed by atoms with Gasteiger partial charge in [0.15, 0.2) is 0 Å². The Hall–Kier alpha value is -3.64. The second-order valence-corrected chi connectivity index (χ2v) is 8.69. The molecule has 6 nitrogen and oxygen atoms in total. The minimum absolute atomic E-state index is 0.105. The molecule has 0 aromatic heterocycles. The molecular formula is C27H26ClN3O3. The van der Waals surface area contributed by atoms with Crippen molar-refractivity contribution < 1.29 is 14.3 Å². The summed E-state index contributed by atoms with van der Waals surface area (Å²) in [6, 6.07) is 22.1. The summed E-state index contributed by atoms with van der Waals surface area (Å²) >= 11 is 6.42. The summed E-state index contributed by atoms with van der Waals surface area (Å²) in [6.07, 6.45) is 0.536. The SMILES string of the molecule is COc1ccc(C(=O)N(C)CC(=O)N2N=C(c3ccccc3Cl)C[C@@H]2c2ccc(C)cc2)cc1. The van der Waals surface area contributed by atoms with Crippen molar-refractivity contribution in [2.75, 3.05) is 20.7 Å². The zero-order valence-corrected chi connectivity index (χ0v) is 20.1. The molecule has 0 spiro atoms. The van der Waals surface area contributed by atoms with Gasteiger partial charge >= 0.3 is 0 Å². The summed E-state index contributed by atoms with van der Waals surface area (Å²) in [5, 5.41) is 6.74. The van der Waals surface area contributed by atoms with E-state index in [1.807, 2.05) is 55.5 Å². The predicted octanol–water partition coefficient (Wildman–Crippen LogP) is 5.11. The first kappa shape index (κ1) is 23.5. The molecule has 0 bridgehead atoms. The number of benzene rings is 3. The fraction of sp³-hybridized carbons (Fsp3) is 0.222. The number of rotatable bonds is 6. The van der Waals surface area contributed by atoms with Gasteiger partial charge in [0.25, 0.3) is 11.8 Å². The molecule has 0 fully saturated rings. The third kappa shape index (κ3) is 4.97. The van der Waals surface area contributed by atoms with Gasteiger partial charge in [0.2, 0.25) is 0 Å². The van der Waals surface area contributed by atoms with Gasteiger partial charge in [-0.25, -0.2) is 5.01 Å². The van der Waals surface area contributed by atoms with E-state index >= 15 is 0 Å². The van der Waals surface area contributed by atoms with Crippen LogP contribution in [0.3, 0.4) is 0 Å². The molecule has 4 rings (SSSR count). The molecule has 1 aliphatic heterocycles. The summed E-state index contributed by atoms with van der Waals surface area (Å²) in [4.78, 5) is 27.7. The number of hydrogen-bond donors (Lipinski definition) is 0. The molecule has 3 aromatic carbocycles. The van der Waals surface area contributed by atoms with Gasteiger partial charge in [-0.15, -0.1) is 0 Å². The van der Waals surface area contributed by atoms with Gasteiger partial charge in [0.05, 0.1) is 18.9 Å². The maximum Gasteiger partial charge on any atom is 0.262 e. The largest absolute Gasteiger partial charge is 0.497 e. The summed E-state index contributed by atoms with van der Waals surface area (Å²) < 4.78 is 5.15. The van der Waals surface area contributed by atoms with E-state index in [4.69, 9.17) is 16.3 Å². The number of hydrogen-bond acceptors (Lipinski definition) is 4. The van der Waals surface area contributed by atoms with Crippen LogP contribution < -0.4 is 4.74 Å². The van der Waals surface area contributed by atoms with E-state index in [0.717, 1.165) is 22.4 Å². The molecule has 3 aromatic rings. The maximum absolute atomic E-state index is 13.4. The Kier molecular flexibility index (Phi) is 6.98. The fourth-order valence-electron chi connectivity index (χ4n) is 3.95. The number of amides is 2. The average Bonchev–Trinajstić information content (AvgIpc) is 3.29. The van der Waals surface area contributed by atoms with Crippen LogP contribution in [0.4, 0.5) is 0 Å². The van der Waals surface area contributed by atoms with E-state index in [1.165, 1.54) is 9.91 Å². The van der Waals surface area contributed by atoms with E-state index in [0.29, 0.717) is 22.8 Å². The first-order chi connectivity index (χ1) is 16.4. The number of aryl methyl sites for hydroxylation is 1. The first-order valence-corrected chi connectivity index (χ1v) is 11.4. The second-order valence-electron chi connectivity index (χ2n) is 8.29. The van der Waals surface area contributed by atoms with E-state index in [9.17, 15) is 9.59 Å². The molecule has 0 saturated heterocycles. The Morgan fingerprint density at radius 2 is 1.74 bits per heavy atom. The zero-order valence-electron chi connectivity index (χ0n) is 19.4. The number of likely N-dealkylation sites (N-methyl/N-ethyl adjacent to an activating group) is 1. The molecule has 0 unspecified atom stereocenters. The summed E-state index contributed by atoms with van der Waals surface area (Å²) in [7, 11) is 3.18. The van der Waals surface area contributed by atoms with Crippen LogP contribution in [-0.2, 0) is 4.79 Å². The number of halogens is 1. The van der Waals surface area contributed by atoms with Crippen molar-refractivity contribution in [1.82, 2.24) is 9.91 Å². The van der Waals surface area contributed by atoms with E-state index in [-0.39, 0.29) is 24.4 Å². The van der Waals surface area contributed by atoms with Crippen LogP contribution >= 0.6 is 11.6 Å². The average molecular weight is 476 g/mol. The van der Waals surface area contributed by atoms with Crippen LogP contribution in [0.5, 0.6) is 5.75 Å². The van der Waals surface area contributed by atoms with Crippen molar-refractivity contribution >= 4 is 29.1 Å². The van der Waals surface area contributed by atoms with Crippen molar-refractivity contribution in [2.45, 2.75) is 19.4 Å². The monoisotopic (exact) mass is 475 g/mol. The molecule has 174 valence electrons. The van der Waals surface area contributed by atoms with Crippen molar-refractivity contribution in [3.05, 3.63) is 100 Å². The highest BCUT2D eigenvalue weighted by Gasteiger charge is 2.34. The molecule has 0 radical (unpaired) electrons. The van der Waals surface area contributed by atoms with Gasteiger partial charge in [-0.05, 0) is 42.8 Å². The molecule has 0 saturated carbocycles. The van der Waals surface area contributed by atoms with Crippen LogP contribution in [0.2, 0.25) is 5.02 Å². The lowest BCUT2D eigenvalue weighted by Crippen LogP contribution is -2.39. The molecule has 2 amide bonds. The molecule has 0 N–H and O–H groups in total. The van der Waals surface area contributed by atoms with Gasteiger partial charge < -0.3 is 9.64 Å². The maximum atomic E-state index is 13.4. The molecule has 0 aliphatic carbocycles. The van der Waals surface area contributed by atoms with Gasteiger partial charge in [0, 0.05) is 29.6 Å². The second kappa shape index (κ2) is 10.1. The molecule has 34 heavy (non-hydrogen) atoms. The first-order valence-electron chi connectivity index (χ1n) is 11.0. The highest BCUT2D eigenvalue weighted by molar-refractivity contribution is 6.34. The standard InChI is InChI=1S/C27H26ClN3O3/c1-18-8-10-19(11-9-18)25-16-24(22-6-4-5-7-23(22)28)29-31(25)26(32)17-30(2)27(33)20-12-14-21(34-3)15-13-20/h4-15,25H,16-17H2,1-3H3/t25-/m1/s1. The quantitative estimate of drug-likeness (QED) is 0.498. The molecule has 1 heterocycles. The molecule has 1 aliphatic rings. The molecular weight excluding hydrogens is 450 g/mol. The summed E-state index contributed by atoms with van der Waals surface area (Å²) in [6.45, 7) is 1.92. The van der Waals surface area contributed by atoms with Crippen molar-refractivity contribution in [1.29, 1.82) is 0 Å². The molecule has 7 heteroatoms. The lowest BCUT2D eigenvalue weighted by Gasteiger charge is -2.25. The van der Waals surface area contributed by atoms with Crippen LogP contribution in [-0.4, -0.2) is 48.1 Å².